The molecule has 0 bridgehead atoms. The second kappa shape index (κ2) is 6.53. The van der Waals surface area contributed by atoms with Crippen LogP contribution < -0.4 is 5.73 Å². The first-order valence-corrected chi connectivity index (χ1v) is 7.03. The van der Waals surface area contributed by atoms with Crippen LogP contribution in [0.1, 0.15) is 33.1 Å². The van der Waals surface area contributed by atoms with Crippen molar-refractivity contribution in [3.63, 3.8) is 0 Å². The van der Waals surface area contributed by atoms with Crippen LogP contribution >= 0.6 is 0 Å². The van der Waals surface area contributed by atoms with Gasteiger partial charge in [-0.2, -0.15) is 0 Å². The molecular formula is C14H30N4. The molecule has 0 spiro atoms. The molecule has 0 saturated carbocycles. The lowest BCUT2D eigenvalue weighted by Gasteiger charge is -2.25. The number of amidine groups is 1. The van der Waals surface area contributed by atoms with E-state index in [4.69, 9.17) is 11.1 Å². The van der Waals surface area contributed by atoms with E-state index in [1.165, 1.54) is 26.1 Å². The van der Waals surface area contributed by atoms with Gasteiger partial charge in [0.2, 0.25) is 0 Å². The van der Waals surface area contributed by atoms with E-state index in [2.05, 4.69) is 37.7 Å². The SMILES string of the molecule is CN(CCCC(C)(C)C(=N)N)CC1CCN(C)C1. The van der Waals surface area contributed by atoms with E-state index in [1.54, 1.807) is 0 Å². The summed E-state index contributed by atoms with van der Waals surface area (Å²) < 4.78 is 0. The van der Waals surface area contributed by atoms with Gasteiger partial charge in [0.1, 0.15) is 0 Å². The predicted octanol–water partition coefficient (Wildman–Crippen LogP) is 1.61. The Hall–Kier alpha value is -0.610. The summed E-state index contributed by atoms with van der Waals surface area (Å²) in [6.45, 7) is 8.91. The lowest BCUT2D eigenvalue weighted by Crippen LogP contribution is -2.33. The lowest BCUT2D eigenvalue weighted by molar-refractivity contribution is 0.260. The molecular weight excluding hydrogens is 224 g/mol. The summed E-state index contributed by atoms with van der Waals surface area (Å²) in [6, 6.07) is 0. The summed E-state index contributed by atoms with van der Waals surface area (Å²) >= 11 is 0. The second-order valence-electron chi connectivity index (χ2n) is 6.58. The number of hydrogen-bond acceptors (Lipinski definition) is 3. The molecule has 0 radical (unpaired) electrons. The van der Waals surface area contributed by atoms with E-state index in [-0.39, 0.29) is 5.41 Å². The van der Waals surface area contributed by atoms with Crippen molar-refractivity contribution in [1.82, 2.24) is 9.80 Å². The molecule has 1 aliphatic rings. The third-order valence-corrected chi connectivity index (χ3v) is 4.13. The monoisotopic (exact) mass is 254 g/mol. The Labute approximate surface area is 112 Å². The molecule has 1 aliphatic heterocycles. The average Bonchev–Trinajstić information content (AvgIpc) is 2.63. The zero-order valence-corrected chi connectivity index (χ0v) is 12.5. The van der Waals surface area contributed by atoms with Crippen LogP contribution in [0.3, 0.4) is 0 Å². The highest BCUT2D eigenvalue weighted by molar-refractivity contribution is 5.82. The first kappa shape index (κ1) is 15.4. The highest BCUT2D eigenvalue weighted by atomic mass is 15.1. The van der Waals surface area contributed by atoms with Crippen LogP contribution in [-0.2, 0) is 0 Å². The van der Waals surface area contributed by atoms with Crippen molar-refractivity contribution >= 4 is 5.84 Å². The third kappa shape index (κ3) is 4.94. The summed E-state index contributed by atoms with van der Waals surface area (Å²) in [6.07, 6.45) is 3.45. The molecule has 1 atom stereocenters. The van der Waals surface area contributed by atoms with Gasteiger partial charge < -0.3 is 15.5 Å². The Morgan fingerprint density at radius 1 is 1.50 bits per heavy atom. The quantitative estimate of drug-likeness (QED) is 0.536. The predicted molar refractivity (Wildman–Crippen MR) is 78.0 cm³/mol. The molecule has 4 heteroatoms. The van der Waals surface area contributed by atoms with Crippen LogP contribution in [0.2, 0.25) is 0 Å². The number of nitrogens with two attached hydrogens (primary N) is 1. The molecule has 1 unspecified atom stereocenters. The van der Waals surface area contributed by atoms with E-state index in [0.717, 1.165) is 25.3 Å². The minimum Gasteiger partial charge on any atom is -0.387 e. The van der Waals surface area contributed by atoms with Gasteiger partial charge in [-0.25, -0.2) is 0 Å². The molecule has 18 heavy (non-hydrogen) atoms. The third-order valence-electron chi connectivity index (χ3n) is 4.13. The largest absolute Gasteiger partial charge is 0.387 e. The van der Waals surface area contributed by atoms with Gasteiger partial charge in [-0.1, -0.05) is 13.8 Å². The lowest BCUT2D eigenvalue weighted by atomic mass is 9.86. The number of nitrogens with zero attached hydrogens (tertiary/aromatic N) is 2. The van der Waals surface area contributed by atoms with Gasteiger partial charge in [0.15, 0.2) is 0 Å². The number of rotatable bonds is 7. The maximum absolute atomic E-state index is 7.54. The fourth-order valence-corrected chi connectivity index (χ4v) is 2.63. The smallest absolute Gasteiger partial charge is 0.0963 e. The van der Waals surface area contributed by atoms with Crippen LogP contribution in [0.5, 0.6) is 0 Å². The van der Waals surface area contributed by atoms with E-state index in [1.807, 2.05) is 0 Å². The maximum atomic E-state index is 7.54. The number of likely N-dealkylation sites (tertiary alicyclic amines) is 1. The Kier molecular flexibility index (Phi) is 5.60. The Balaban J connectivity index is 2.17. The summed E-state index contributed by atoms with van der Waals surface area (Å²) in [5.74, 6) is 1.14. The van der Waals surface area contributed by atoms with Crippen LogP contribution in [-0.4, -0.2) is 55.9 Å². The second-order valence-corrected chi connectivity index (χ2v) is 6.58. The first-order chi connectivity index (χ1) is 8.31. The van der Waals surface area contributed by atoms with Gasteiger partial charge in [0, 0.05) is 18.5 Å². The normalized spacial score (nSPS) is 21.7. The van der Waals surface area contributed by atoms with Crippen molar-refractivity contribution in [3.05, 3.63) is 0 Å². The van der Waals surface area contributed by atoms with Crippen molar-refractivity contribution in [2.24, 2.45) is 17.1 Å². The molecule has 1 heterocycles. The van der Waals surface area contributed by atoms with Crippen molar-refractivity contribution in [2.75, 3.05) is 40.3 Å². The summed E-state index contributed by atoms with van der Waals surface area (Å²) in [5, 5.41) is 7.54. The first-order valence-electron chi connectivity index (χ1n) is 7.03. The molecule has 0 aromatic carbocycles. The standard InChI is InChI=1S/C14H30N4/c1-14(2,13(15)16)7-5-8-17(3)10-12-6-9-18(4)11-12/h12H,5-11H2,1-4H3,(H3,15,16). The van der Waals surface area contributed by atoms with Crippen LogP contribution in [0, 0.1) is 16.7 Å². The maximum Gasteiger partial charge on any atom is 0.0963 e. The topological polar surface area (TPSA) is 56.4 Å². The van der Waals surface area contributed by atoms with Gasteiger partial charge >= 0.3 is 0 Å². The van der Waals surface area contributed by atoms with Gasteiger partial charge in [0.25, 0.3) is 0 Å². The fourth-order valence-electron chi connectivity index (χ4n) is 2.63. The Bertz CT molecular complexity index is 275. The van der Waals surface area contributed by atoms with Crippen LogP contribution in [0.4, 0.5) is 0 Å². The summed E-state index contributed by atoms with van der Waals surface area (Å²) in [5.41, 5.74) is 5.45. The number of nitrogens with one attached hydrogen (secondary N) is 1. The van der Waals surface area contributed by atoms with E-state index < -0.39 is 0 Å². The zero-order valence-electron chi connectivity index (χ0n) is 12.5. The minimum atomic E-state index is -0.144. The van der Waals surface area contributed by atoms with Gasteiger partial charge in [-0.3, -0.25) is 5.41 Å². The molecule has 0 aliphatic carbocycles. The van der Waals surface area contributed by atoms with Crippen molar-refractivity contribution in [2.45, 2.75) is 33.1 Å². The highest BCUT2D eigenvalue weighted by Crippen LogP contribution is 2.22. The Morgan fingerprint density at radius 3 is 2.67 bits per heavy atom. The highest BCUT2D eigenvalue weighted by Gasteiger charge is 2.23. The minimum absolute atomic E-state index is 0.144. The number of hydrogen-bond donors (Lipinski definition) is 2. The fraction of sp³-hybridized carbons (Fsp3) is 0.929. The molecule has 4 nitrogen and oxygen atoms in total. The molecule has 0 aromatic heterocycles. The van der Waals surface area contributed by atoms with E-state index in [9.17, 15) is 0 Å². The molecule has 1 fully saturated rings. The molecule has 1 saturated heterocycles. The molecule has 0 amide bonds. The summed E-state index contributed by atoms with van der Waals surface area (Å²) in [4.78, 5) is 4.84. The van der Waals surface area contributed by atoms with Crippen molar-refractivity contribution < 1.29 is 0 Å². The van der Waals surface area contributed by atoms with Crippen LogP contribution in [0.25, 0.3) is 0 Å². The average molecular weight is 254 g/mol. The van der Waals surface area contributed by atoms with E-state index >= 15 is 0 Å². The van der Waals surface area contributed by atoms with Gasteiger partial charge in [-0.05, 0) is 52.4 Å². The van der Waals surface area contributed by atoms with Crippen molar-refractivity contribution in [1.29, 1.82) is 5.41 Å². The van der Waals surface area contributed by atoms with E-state index in [0.29, 0.717) is 5.84 Å². The molecule has 3 N–H and O–H groups in total. The van der Waals surface area contributed by atoms with Gasteiger partial charge in [-0.15, -0.1) is 0 Å². The molecule has 106 valence electrons. The van der Waals surface area contributed by atoms with Crippen molar-refractivity contribution in [3.8, 4) is 0 Å². The summed E-state index contributed by atoms with van der Waals surface area (Å²) in [7, 11) is 4.41. The molecule has 0 aromatic rings. The molecule has 1 rings (SSSR count). The van der Waals surface area contributed by atoms with Crippen LogP contribution in [0.15, 0.2) is 0 Å². The van der Waals surface area contributed by atoms with Gasteiger partial charge in [0.05, 0.1) is 5.84 Å². The zero-order chi connectivity index (χ0) is 13.8. The Morgan fingerprint density at radius 2 is 2.17 bits per heavy atom.